The first-order chi connectivity index (χ1) is 11.8. The molecule has 4 saturated carbocycles. The summed E-state index contributed by atoms with van der Waals surface area (Å²) >= 11 is 0. The number of amides is 1. The van der Waals surface area contributed by atoms with Gasteiger partial charge >= 0.3 is 5.97 Å². The maximum absolute atomic E-state index is 12.8. The lowest BCUT2D eigenvalue weighted by Gasteiger charge is -2.58. The second kappa shape index (κ2) is 5.95. The lowest BCUT2D eigenvalue weighted by molar-refractivity contribution is -0.197. The number of hydrogen-bond donors (Lipinski definition) is 1. The topological polar surface area (TPSA) is 76.1 Å². The summed E-state index contributed by atoms with van der Waals surface area (Å²) in [6.45, 7) is 4.76. The van der Waals surface area contributed by atoms with E-state index in [4.69, 9.17) is 9.47 Å². The van der Waals surface area contributed by atoms with Gasteiger partial charge in [-0.25, -0.2) is 0 Å². The van der Waals surface area contributed by atoms with Crippen LogP contribution in [-0.4, -0.2) is 59.4 Å². The molecule has 0 aromatic heterocycles. The number of rotatable bonds is 3. The van der Waals surface area contributed by atoms with Gasteiger partial charge in [0.1, 0.15) is 0 Å². The predicted octanol–water partition coefficient (Wildman–Crippen LogP) is 1.50. The highest BCUT2D eigenvalue weighted by Gasteiger charge is 2.60. The van der Waals surface area contributed by atoms with E-state index in [9.17, 15) is 14.7 Å². The van der Waals surface area contributed by atoms with Crippen molar-refractivity contribution in [1.82, 2.24) is 4.90 Å². The maximum Gasteiger partial charge on any atom is 0.312 e. The highest BCUT2D eigenvalue weighted by atomic mass is 16.5. The molecule has 1 aliphatic heterocycles. The maximum atomic E-state index is 12.8. The predicted molar refractivity (Wildman–Crippen MR) is 89.6 cm³/mol. The summed E-state index contributed by atoms with van der Waals surface area (Å²) in [5.74, 6) is 0.424. The largest absolute Gasteiger partial charge is 0.455 e. The van der Waals surface area contributed by atoms with Crippen LogP contribution in [0.4, 0.5) is 0 Å². The molecule has 0 spiro atoms. The Labute approximate surface area is 148 Å². The van der Waals surface area contributed by atoms with E-state index >= 15 is 0 Å². The van der Waals surface area contributed by atoms with Gasteiger partial charge in [-0.15, -0.1) is 0 Å². The number of carbonyl (C=O) groups is 2. The monoisotopic (exact) mass is 351 g/mol. The van der Waals surface area contributed by atoms with Crippen LogP contribution in [0, 0.1) is 17.3 Å². The van der Waals surface area contributed by atoms with Crippen molar-refractivity contribution in [2.75, 3.05) is 19.7 Å². The van der Waals surface area contributed by atoms with Crippen LogP contribution in [0.5, 0.6) is 0 Å². The highest BCUT2D eigenvalue weighted by Crippen LogP contribution is 2.61. The molecule has 2 unspecified atom stereocenters. The van der Waals surface area contributed by atoms with Gasteiger partial charge in [-0.1, -0.05) is 0 Å². The van der Waals surface area contributed by atoms with Crippen molar-refractivity contribution in [3.63, 3.8) is 0 Å². The molecule has 0 radical (unpaired) electrons. The van der Waals surface area contributed by atoms with Gasteiger partial charge in [0.2, 0.25) is 0 Å². The molecule has 5 rings (SSSR count). The molecule has 4 bridgehead atoms. The average Bonchev–Trinajstić information content (AvgIpc) is 2.48. The first kappa shape index (κ1) is 17.3. The van der Waals surface area contributed by atoms with Crippen LogP contribution < -0.4 is 0 Å². The fourth-order valence-corrected chi connectivity index (χ4v) is 6.21. The smallest absolute Gasteiger partial charge is 0.312 e. The molecule has 25 heavy (non-hydrogen) atoms. The van der Waals surface area contributed by atoms with Gasteiger partial charge in [-0.05, 0) is 64.2 Å². The molecule has 0 aromatic rings. The summed E-state index contributed by atoms with van der Waals surface area (Å²) in [6, 6.07) is 0. The number of ether oxygens (including phenoxy) is 2. The van der Waals surface area contributed by atoms with Gasteiger partial charge in [-0.2, -0.15) is 0 Å². The van der Waals surface area contributed by atoms with Crippen molar-refractivity contribution < 1.29 is 24.2 Å². The Morgan fingerprint density at radius 3 is 2.28 bits per heavy atom. The minimum Gasteiger partial charge on any atom is -0.455 e. The van der Waals surface area contributed by atoms with Crippen molar-refractivity contribution in [3.8, 4) is 0 Å². The van der Waals surface area contributed by atoms with Crippen LogP contribution in [-0.2, 0) is 19.1 Å². The summed E-state index contributed by atoms with van der Waals surface area (Å²) in [5.41, 5.74) is -1.26. The minimum atomic E-state index is -0.692. The van der Waals surface area contributed by atoms with Gasteiger partial charge in [0.05, 0.1) is 23.2 Å². The molecule has 6 atom stereocenters. The average molecular weight is 351 g/mol. The number of hydrogen-bond acceptors (Lipinski definition) is 5. The number of nitrogens with zero attached hydrogens (tertiary/aromatic N) is 1. The quantitative estimate of drug-likeness (QED) is 0.780. The Hall–Kier alpha value is -1.14. The Morgan fingerprint density at radius 1 is 1.12 bits per heavy atom. The number of aliphatic hydroxyl groups is 1. The molecule has 1 amide bonds. The zero-order valence-corrected chi connectivity index (χ0v) is 15.2. The second-order valence-electron chi connectivity index (χ2n) is 9.10. The molecule has 1 N–H and O–H groups in total. The molecule has 6 heteroatoms. The first-order valence-electron chi connectivity index (χ1n) is 9.60. The minimum absolute atomic E-state index is 0.000743. The summed E-state index contributed by atoms with van der Waals surface area (Å²) < 4.78 is 11.1. The molecular weight excluding hydrogens is 322 g/mol. The van der Waals surface area contributed by atoms with Crippen molar-refractivity contribution in [2.45, 2.75) is 70.2 Å². The summed E-state index contributed by atoms with van der Waals surface area (Å²) in [4.78, 5) is 27.0. The third-order valence-electron chi connectivity index (χ3n) is 6.56. The molecule has 1 saturated heterocycles. The molecule has 5 aliphatic rings. The van der Waals surface area contributed by atoms with Gasteiger partial charge in [-0.3, -0.25) is 9.59 Å². The Balaban J connectivity index is 1.37. The zero-order valence-electron chi connectivity index (χ0n) is 15.2. The summed E-state index contributed by atoms with van der Waals surface area (Å²) in [6.07, 6.45) is 4.89. The third-order valence-corrected chi connectivity index (χ3v) is 6.56. The van der Waals surface area contributed by atoms with Gasteiger partial charge < -0.3 is 19.5 Å². The van der Waals surface area contributed by atoms with Gasteiger partial charge in [0.25, 0.3) is 5.91 Å². The highest BCUT2D eigenvalue weighted by molar-refractivity contribution is 5.83. The summed E-state index contributed by atoms with van der Waals surface area (Å²) in [5, 5.41) is 10.8. The third kappa shape index (κ3) is 3.19. The fraction of sp³-hybridized carbons (Fsp3) is 0.895. The fourth-order valence-electron chi connectivity index (χ4n) is 6.21. The van der Waals surface area contributed by atoms with Crippen LogP contribution in [0.1, 0.15) is 52.4 Å². The Morgan fingerprint density at radius 2 is 1.72 bits per heavy atom. The standard InChI is InChI=1S/C19H29NO5/c1-12-8-20(9-13(2)25-12)16(21)10-24-17(22)18-4-14-3-15(5-18)7-19(23,6-14)11-18/h12-15,23H,3-11H2,1-2H3/t12-,13-,14-,15+,18?,19?/m1/s1. The van der Waals surface area contributed by atoms with Crippen molar-refractivity contribution in [2.24, 2.45) is 17.3 Å². The van der Waals surface area contributed by atoms with Crippen LogP contribution in [0.3, 0.4) is 0 Å². The van der Waals surface area contributed by atoms with E-state index in [-0.39, 0.29) is 30.7 Å². The molecule has 140 valence electrons. The second-order valence-corrected chi connectivity index (χ2v) is 9.10. The van der Waals surface area contributed by atoms with E-state index in [1.807, 2.05) is 13.8 Å². The SMILES string of the molecule is C[C@@H]1CN(C(=O)COC(=O)C23C[C@@H]4C[C@@H](CC(O)(C4)C2)C3)C[C@@H](C)O1. The van der Waals surface area contributed by atoms with Gasteiger partial charge in [0, 0.05) is 13.1 Å². The number of esters is 1. The zero-order chi connectivity index (χ0) is 17.8. The van der Waals surface area contributed by atoms with E-state index in [0.29, 0.717) is 31.3 Å². The van der Waals surface area contributed by atoms with Crippen LogP contribution >= 0.6 is 0 Å². The molecule has 6 nitrogen and oxygen atoms in total. The van der Waals surface area contributed by atoms with Crippen molar-refractivity contribution in [3.05, 3.63) is 0 Å². The number of morpholine rings is 1. The molecule has 1 heterocycles. The molecule has 0 aromatic carbocycles. The Bertz CT molecular complexity index is 552. The van der Waals surface area contributed by atoms with E-state index < -0.39 is 11.0 Å². The lowest BCUT2D eigenvalue weighted by Crippen LogP contribution is -2.58. The van der Waals surface area contributed by atoms with E-state index in [0.717, 1.165) is 32.1 Å². The van der Waals surface area contributed by atoms with Crippen LogP contribution in [0.25, 0.3) is 0 Å². The normalized spacial score (nSPS) is 45.5. The Kier molecular flexibility index (Phi) is 4.11. The van der Waals surface area contributed by atoms with E-state index in [2.05, 4.69) is 0 Å². The first-order valence-corrected chi connectivity index (χ1v) is 9.60. The van der Waals surface area contributed by atoms with Crippen LogP contribution in [0.2, 0.25) is 0 Å². The number of carbonyl (C=O) groups excluding carboxylic acids is 2. The molecule has 5 fully saturated rings. The molecule has 4 aliphatic carbocycles. The van der Waals surface area contributed by atoms with Crippen molar-refractivity contribution >= 4 is 11.9 Å². The van der Waals surface area contributed by atoms with E-state index in [1.54, 1.807) is 4.90 Å². The van der Waals surface area contributed by atoms with E-state index in [1.165, 1.54) is 0 Å². The summed E-state index contributed by atoms with van der Waals surface area (Å²) in [7, 11) is 0. The van der Waals surface area contributed by atoms with Crippen LogP contribution in [0.15, 0.2) is 0 Å². The van der Waals surface area contributed by atoms with Gasteiger partial charge in [0.15, 0.2) is 6.61 Å². The van der Waals surface area contributed by atoms with Crippen molar-refractivity contribution in [1.29, 1.82) is 0 Å². The molecular formula is C19H29NO5. The lowest BCUT2D eigenvalue weighted by atomic mass is 9.48.